The van der Waals surface area contributed by atoms with Crippen LogP contribution in [0.2, 0.25) is 0 Å². The lowest BCUT2D eigenvalue weighted by molar-refractivity contribution is 0.164. The van der Waals surface area contributed by atoms with Crippen LogP contribution in [0.4, 0.5) is 4.79 Å². The highest BCUT2D eigenvalue weighted by Crippen LogP contribution is 2.11. The number of rotatable bonds is 4. The summed E-state index contributed by atoms with van der Waals surface area (Å²) in [6.45, 7) is 2.41. The SMILES string of the molecule is CCOC(=O)N=C=NCc1ccc(OC)cc1. The van der Waals surface area contributed by atoms with Gasteiger partial charge in [-0.3, -0.25) is 0 Å². The molecule has 5 nitrogen and oxygen atoms in total. The zero-order valence-corrected chi connectivity index (χ0v) is 9.84. The third-order valence-electron chi connectivity index (χ3n) is 1.90. The van der Waals surface area contributed by atoms with E-state index < -0.39 is 6.09 Å². The van der Waals surface area contributed by atoms with E-state index in [-0.39, 0.29) is 0 Å². The third-order valence-corrected chi connectivity index (χ3v) is 1.90. The van der Waals surface area contributed by atoms with Crippen LogP contribution in [-0.4, -0.2) is 25.8 Å². The highest BCUT2D eigenvalue weighted by Gasteiger charge is 1.94. The van der Waals surface area contributed by atoms with Crippen LogP contribution < -0.4 is 4.74 Å². The molecule has 0 aliphatic rings. The maximum Gasteiger partial charge on any atom is 0.443 e. The Labute approximate surface area is 99.8 Å². The van der Waals surface area contributed by atoms with Gasteiger partial charge in [0.1, 0.15) is 11.8 Å². The number of aliphatic imine (C=N–C) groups is 2. The number of methoxy groups -OCH3 is 1. The van der Waals surface area contributed by atoms with Gasteiger partial charge >= 0.3 is 6.09 Å². The predicted molar refractivity (Wildman–Crippen MR) is 63.6 cm³/mol. The lowest BCUT2D eigenvalue weighted by Gasteiger charge is -1.99. The van der Waals surface area contributed by atoms with E-state index in [9.17, 15) is 4.79 Å². The van der Waals surface area contributed by atoms with Crippen molar-refractivity contribution in [3.8, 4) is 5.75 Å². The van der Waals surface area contributed by atoms with Crippen molar-refractivity contribution in [3.05, 3.63) is 29.8 Å². The molecule has 1 aromatic rings. The van der Waals surface area contributed by atoms with E-state index in [0.29, 0.717) is 13.2 Å². The standard InChI is InChI=1S/C12H14N2O3/c1-3-17-12(15)14-9-13-8-10-4-6-11(16-2)7-5-10/h4-7H,3,8H2,1-2H3. The van der Waals surface area contributed by atoms with Crippen LogP contribution in [0.3, 0.4) is 0 Å². The Kier molecular flexibility index (Phi) is 5.47. The second kappa shape index (κ2) is 7.19. The zero-order chi connectivity index (χ0) is 12.5. The second-order valence-corrected chi connectivity index (χ2v) is 3.08. The van der Waals surface area contributed by atoms with Crippen LogP contribution in [0.5, 0.6) is 5.75 Å². The van der Waals surface area contributed by atoms with Crippen LogP contribution in [0.15, 0.2) is 34.3 Å². The molecule has 5 heteroatoms. The van der Waals surface area contributed by atoms with Crippen molar-refractivity contribution in [1.29, 1.82) is 0 Å². The van der Waals surface area contributed by atoms with Crippen LogP contribution in [0, 0.1) is 0 Å². The van der Waals surface area contributed by atoms with E-state index in [4.69, 9.17) is 4.74 Å². The van der Waals surface area contributed by atoms with Crippen molar-refractivity contribution in [2.75, 3.05) is 13.7 Å². The van der Waals surface area contributed by atoms with Gasteiger partial charge in [0.15, 0.2) is 0 Å². The number of carbonyl (C=O) groups excluding carboxylic acids is 1. The Bertz CT molecular complexity index is 420. The first-order valence-electron chi connectivity index (χ1n) is 5.18. The lowest BCUT2D eigenvalue weighted by Crippen LogP contribution is -1.96. The minimum absolute atomic E-state index is 0.294. The maximum absolute atomic E-state index is 10.8. The van der Waals surface area contributed by atoms with Crippen molar-refractivity contribution < 1.29 is 14.3 Å². The van der Waals surface area contributed by atoms with E-state index in [1.807, 2.05) is 24.3 Å². The van der Waals surface area contributed by atoms with Gasteiger partial charge in [0.25, 0.3) is 0 Å². The average Bonchev–Trinajstić information content (AvgIpc) is 2.36. The Morgan fingerprint density at radius 1 is 1.35 bits per heavy atom. The van der Waals surface area contributed by atoms with Crippen molar-refractivity contribution in [2.45, 2.75) is 13.5 Å². The van der Waals surface area contributed by atoms with Gasteiger partial charge < -0.3 is 9.47 Å². The second-order valence-electron chi connectivity index (χ2n) is 3.08. The summed E-state index contributed by atoms with van der Waals surface area (Å²) in [7, 11) is 1.61. The van der Waals surface area contributed by atoms with E-state index in [1.165, 1.54) is 0 Å². The molecule has 0 fully saturated rings. The van der Waals surface area contributed by atoms with Crippen LogP contribution in [0.25, 0.3) is 0 Å². The molecule has 0 aliphatic carbocycles. The molecule has 0 atom stereocenters. The number of amides is 1. The maximum atomic E-state index is 10.8. The molecular weight excluding hydrogens is 220 g/mol. The minimum atomic E-state index is -0.675. The number of carbonyl (C=O) groups is 1. The van der Waals surface area contributed by atoms with E-state index in [0.717, 1.165) is 11.3 Å². The van der Waals surface area contributed by atoms with Crippen molar-refractivity contribution in [2.24, 2.45) is 9.98 Å². The molecule has 1 aromatic carbocycles. The van der Waals surface area contributed by atoms with E-state index >= 15 is 0 Å². The number of ether oxygens (including phenoxy) is 2. The Balaban J connectivity index is 2.49. The smallest absolute Gasteiger partial charge is 0.443 e. The molecular formula is C12H14N2O3. The normalized spacial score (nSPS) is 9.06. The fourth-order valence-electron chi connectivity index (χ4n) is 1.09. The average molecular weight is 234 g/mol. The fourth-order valence-corrected chi connectivity index (χ4v) is 1.09. The van der Waals surface area contributed by atoms with Gasteiger partial charge in [0.05, 0.1) is 20.3 Å². The van der Waals surface area contributed by atoms with Crippen LogP contribution in [-0.2, 0) is 11.3 Å². The predicted octanol–water partition coefficient (Wildman–Crippen LogP) is 2.53. The Morgan fingerprint density at radius 2 is 2.06 bits per heavy atom. The molecule has 90 valence electrons. The molecule has 0 heterocycles. The summed E-state index contributed by atoms with van der Waals surface area (Å²) in [5.74, 6) is 0.790. The first-order chi connectivity index (χ1) is 8.26. The van der Waals surface area contributed by atoms with Gasteiger partial charge in [-0.15, -0.1) is 4.99 Å². The third kappa shape index (κ3) is 4.95. The van der Waals surface area contributed by atoms with Crippen LogP contribution >= 0.6 is 0 Å². The molecule has 0 aromatic heterocycles. The van der Waals surface area contributed by atoms with Crippen molar-refractivity contribution in [1.82, 2.24) is 0 Å². The summed E-state index contributed by atoms with van der Waals surface area (Å²) in [6, 6.07) is 9.74. The minimum Gasteiger partial charge on any atom is -0.497 e. The molecule has 0 saturated heterocycles. The summed E-state index contributed by atoms with van der Waals surface area (Å²) in [4.78, 5) is 18.0. The number of benzene rings is 1. The molecule has 0 saturated carbocycles. The molecule has 0 spiro atoms. The topological polar surface area (TPSA) is 60.2 Å². The fraction of sp³-hybridized carbons (Fsp3) is 0.333. The van der Waals surface area contributed by atoms with Gasteiger partial charge in [-0.25, -0.2) is 9.79 Å². The number of hydrogen-bond acceptors (Lipinski definition) is 4. The summed E-state index contributed by atoms with van der Waals surface area (Å²) in [5.41, 5.74) is 0.984. The molecule has 17 heavy (non-hydrogen) atoms. The molecule has 0 aliphatic heterocycles. The van der Waals surface area contributed by atoms with Gasteiger partial charge in [-0.1, -0.05) is 12.1 Å². The van der Waals surface area contributed by atoms with Crippen molar-refractivity contribution in [3.63, 3.8) is 0 Å². The molecule has 1 amide bonds. The summed E-state index contributed by atoms with van der Waals surface area (Å²) < 4.78 is 9.61. The largest absolute Gasteiger partial charge is 0.497 e. The van der Waals surface area contributed by atoms with E-state index in [1.54, 1.807) is 14.0 Å². The first kappa shape index (κ1) is 12.9. The van der Waals surface area contributed by atoms with Gasteiger partial charge in [0, 0.05) is 0 Å². The zero-order valence-electron chi connectivity index (χ0n) is 9.84. The Hall–Kier alpha value is -2.13. The molecule has 0 N–H and O–H groups in total. The summed E-state index contributed by atoms with van der Waals surface area (Å²) in [5, 5.41) is 0. The monoisotopic (exact) mass is 234 g/mol. The molecule has 0 radical (unpaired) electrons. The highest BCUT2D eigenvalue weighted by molar-refractivity contribution is 5.75. The number of nitrogens with zero attached hydrogens (tertiary/aromatic N) is 2. The molecule has 1 rings (SSSR count). The molecule has 0 bridgehead atoms. The lowest BCUT2D eigenvalue weighted by atomic mass is 10.2. The summed E-state index contributed by atoms with van der Waals surface area (Å²) in [6.07, 6.45) is -0.675. The first-order valence-corrected chi connectivity index (χ1v) is 5.18. The van der Waals surface area contributed by atoms with Crippen molar-refractivity contribution >= 4 is 12.1 Å². The van der Waals surface area contributed by atoms with E-state index in [2.05, 4.69) is 20.7 Å². The number of hydrogen-bond donors (Lipinski definition) is 0. The molecule has 0 unspecified atom stereocenters. The highest BCUT2D eigenvalue weighted by atomic mass is 16.5. The van der Waals surface area contributed by atoms with Gasteiger partial charge in [-0.05, 0) is 24.6 Å². The van der Waals surface area contributed by atoms with Crippen LogP contribution in [0.1, 0.15) is 12.5 Å². The van der Waals surface area contributed by atoms with Gasteiger partial charge in [0.2, 0.25) is 0 Å². The summed E-state index contributed by atoms with van der Waals surface area (Å²) >= 11 is 0. The Morgan fingerprint density at radius 3 is 2.65 bits per heavy atom. The quantitative estimate of drug-likeness (QED) is 0.752. The van der Waals surface area contributed by atoms with Gasteiger partial charge in [-0.2, -0.15) is 0 Å².